The first-order valence-corrected chi connectivity index (χ1v) is 5.40. The summed E-state index contributed by atoms with van der Waals surface area (Å²) in [5.74, 6) is 0.280. The van der Waals surface area contributed by atoms with Crippen LogP contribution in [-0.2, 0) is 0 Å². The van der Waals surface area contributed by atoms with Crippen LogP contribution in [0.15, 0.2) is 23.4 Å². The third-order valence-electron chi connectivity index (χ3n) is 2.29. The Morgan fingerprint density at radius 3 is 2.50 bits per heavy atom. The number of oxime groups is 1. The van der Waals surface area contributed by atoms with Crippen molar-refractivity contribution in [2.75, 3.05) is 11.9 Å². The molecule has 4 N–H and O–H groups in total. The molecule has 4 heteroatoms. The van der Waals surface area contributed by atoms with E-state index >= 15 is 0 Å². The van der Waals surface area contributed by atoms with Crippen molar-refractivity contribution in [1.82, 2.24) is 0 Å². The van der Waals surface area contributed by atoms with Gasteiger partial charge in [-0.1, -0.05) is 11.2 Å². The van der Waals surface area contributed by atoms with Gasteiger partial charge in [0.15, 0.2) is 0 Å². The van der Waals surface area contributed by atoms with Crippen LogP contribution >= 0.6 is 0 Å². The van der Waals surface area contributed by atoms with Gasteiger partial charge in [0.1, 0.15) is 5.84 Å². The molecule has 0 saturated heterocycles. The van der Waals surface area contributed by atoms with E-state index in [1.54, 1.807) is 0 Å². The Hall–Kier alpha value is -1.71. The van der Waals surface area contributed by atoms with Crippen molar-refractivity contribution in [1.29, 1.82) is 0 Å². The van der Waals surface area contributed by atoms with Gasteiger partial charge in [-0.05, 0) is 43.5 Å². The summed E-state index contributed by atoms with van der Waals surface area (Å²) in [6.45, 7) is 4.97. The smallest absolute Gasteiger partial charge is 0.139 e. The van der Waals surface area contributed by atoms with Crippen LogP contribution in [0.25, 0.3) is 0 Å². The highest BCUT2D eigenvalue weighted by atomic mass is 16.4. The zero-order valence-corrected chi connectivity index (χ0v) is 9.83. The molecule has 0 bridgehead atoms. The van der Waals surface area contributed by atoms with E-state index in [2.05, 4.69) is 42.5 Å². The number of rotatable bonds is 5. The Kier molecular flexibility index (Phi) is 4.64. The van der Waals surface area contributed by atoms with Gasteiger partial charge < -0.3 is 16.3 Å². The van der Waals surface area contributed by atoms with Crippen molar-refractivity contribution in [3.63, 3.8) is 0 Å². The Morgan fingerprint density at radius 1 is 1.31 bits per heavy atom. The van der Waals surface area contributed by atoms with E-state index in [0.717, 1.165) is 18.7 Å². The molecule has 0 aliphatic heterocycles. The molecule has 0 unspecified atom stereocenters. The number of anilines is 1. The quantitative estimate of drug-likeness (QED) is 0.235. The minimum Gasteiger partial charge on any atom is -0.409 e. The molecule has 0 aliphatic rings. The largest absolute Gasteiger partial charge is 0.409 e. The first-order valence-electron chi connectivity index (χ1n) is 5.40. The second-order valence-corrected chi connectivity index (χ2v) is 4.00. The van der Waals surface area contributed by atoms with Crippen molar-refractivity contribution >= 4 is 11.5 Å². The molecule has 0 spiro atoms. The molecule has 1 aromatic rings. The monoisotopic (exact) mass is 221 g/mol. The standard InChI is InChI=1S/C12H19N3O/c1-9-6-10(2)8-11(7-9)14-5-3-4-12(13)15-16/h6-8,14,16H,3-5H2,1-2H3,(H2,13,15). The normalized spacial score (nSPS) is 11.5. The second kappa shape index (κ2) is 6.00. The fourth-order valence-corrected chi connectivity index (χ4v) is 1.63. The van der Waals surface area contributed by atoms with Crippen molar-refractivity contribution in [2.24, 2.45) is 10.9 Å². The van der Waals surface area contributed by atoms with Crippen molar-refractivity contribution < 1.29 is 5.21 Å². The average molecular weight is 221 g/mol. The van der Waals surface area contributed by atoms with Gasteiger partial charge in [-0.15, -0.1) is 0 Å². The van der Waals surface area contributed by atoms with E-state index in [9.17, 15) is 0 Å². The minimum absolute atomic E-state index is 0.280. The highest BCUT2D eigenvalue weighted by Crippen LogP contribution is 2.13. The molecule has 0 heterocycles. The van der Waals surface area contributed by atoms with E-state index in [-0.39, 0.29) is 5.84 Å². The number of nitrogens with two attached hydrogens (primary N) is 1. The van der Waals surface area contributed by atoms with Gasteiger partial charge in [0.25, 0.3) is 0 Å². The first-order chi connectivity index (χ1) is 7.61. The van der Waals surface area contributed by atoms with Gasteiger partial charge in [-0.25, -0.2) is 0 Å². The molecule has 4 nitrogen and oxygen atoms in total. The van der Waals surface area contributed by atoms with Gasteiger partial charge >= 0.3 is 0 Å². The molecule has 1 rings (SSSR count). The summed E-state index contributed by atoms with van der Waals surface area (Å²) < 4.78 is 0. The lowest BCUT2D eigenvalue weighted by atomic mass is 10.1. The maximum atomic E-state index is 8.37. The molecular formula is C12H19N3O. The van der Waals surface area contributed by atoms with Crippen LogP contribution in [0.3, 0.4) is 0 Å². The number of aryl methyl sites for hydroxylation is 2. The lowest BCUT2D eigenvalue weighted by molar-refractivity contribution is 0.316. The third-order valence-corrected chi connectivity index (χ3v) is 2.29. The molecule has 0 amide bonds. The van der Waals surface area contributed by atoms with Crippen LogP contribution in [0, 0.1) is 13.8 Å². The fourth-order valence-electron chi connectivity index (χ4n) is 1.63. The Balaban J connectivity index is 2.37. The third kappa shape index (κ3) is 4.21. The lowest BCUT2D eigenvalue weighted by Crippen LogP contribution is -2.13. The number of nitrogens with one attached hydrogen (secondary N) is 1. The van der Waals surface area contributed by atoms with Crippen LogP contribution < -0.4 is 11.1 Å². The van der Waals surface area contributed by atoms with E-state index in [1.807, 2.05) is 0 Å². The van der Waals surface area contributed by atoms with Crippen LogP contribution in [0.2, 0.25) is 0 Å². The zero-order valence-electron chi connectivity index (χ0n) is 9.83. The number of hydrogen-bond donors (Lipinski definition) is 3. The molecule has 0 aliphatic carbocycles. The van der Waals surface area contributed by atoms with Crippen LogP contribution in [0.1, 0.15) is 24.0 Å². The molecule has 0 radical (unpaired) electrons. The Labute approximate surface area is 96.2 Å². The van der Waals surface area contributed by atoms with Gasteiger partial charge in [0, 0.05) is 18.7 Å². The average Bonchev–Trinajstić information content (AvgIpc) is 2.22. The van der Waals surface area contributed by atoms with Crippen LogP contribution in [-0.4, -0.2) is 17.6 Å². The van der Waals surface area contributed by atoms with Crippen molar-refractivity contribution in [3.8, 4) is 0 Å². The van der Waals surface area contributed by atoms with Crippen molar-refractivity contribution in [3.05, 3.63) is 29.3 Å². The zero-order chi connectivity index (χ0) is 12.0. The molecule has 0 atom stereocenters. The highest BCUT2D eigenvalue weighted by Gasteiger charge is 1.96. The van der Waals surface area contributed by atoms with E-state index in [0.29, 0.717) is 6.42 Å². The summed E-state index contributed by atoms with van der Waals surface area (Å²) in [6.07, 6.45) is 1.46. The number of amidine groups is 1. The number of hydrogen-bond acceptors (Lipinski definition) is 3. The van der Waals surface area contributed by atoms with E-state index < -0.39 is 0 Å². The van der Waals surface area contributed by atoms with Gasteiger partial charge in [0.2, 0.25) is 0 Å². The molecule has 0 aromatic heterocycles. The topological polar surface area (TPSA) is 70.6 Å². The lowest BCUT2D eigenvalue weighted by Gasteiger charge is -2.08. The van der Waals surface area contributed by atoms with Gasteiger partial charge in [-0.2, -0.15) is 0 Å². The number of benzene rings is 1. The Morgan fingerprint density at radius 2 is 1.94 bits per heavy atom. The van der Waals surface area contributed by atoms with Gasteiger partial charge in [0.05, 0.1) is 0 Å². The van der Waals surface area contributed by atoms with E-state index in [4.69, 9.17) is 10.9 Å². The molecule has 16 heavy (non-hydrogen) atoms. The molecule has 1 aromatic carbocycles. The SMILES string of the molecule is Cc1cc(C)cc(NCCCC(N)=NO)c1. The Bertz CT molecular complexity index is 354. The summed E-state index contributed by atoms with van der Waals surface area (Å²) in [5, 5.41) is 14.6. The summed E-state index contributed by atoms with van der Waals surface area (Å²) in [7, 11) is 0. The van der Waals surface area contributed by atoms with Crippen LogP contribution in [0.4, 0.5) is 5.69 Å². The predicted octanol–water partition coefficient (Wildman–Crippen LogP) is 2.24. The summed E-state index contributed by atoms with van der Waals surface area (Å²) in [6, 6.07) is 6.36. The molecular weight excluding hydrogens is 202 g/mol. The summed E-state index contributed by atoms with van der Waals surface area (Å²) in [5.41, 5.74) is 8.99. The van der Waals surface area contributed by atoms with E-state index in [1.165, 1.54) is 11.1 Å². The minimum atomic E-state index is 0.280. The molecule has 0 fully saturated rings. The summed E-state index contributed by atoms with van der Waals surface area (Å²) >= 11 is 0. The highest BCUT2D eigenvalue weighted by molar-refractivity contribution is 5.79. The maximum absolute atomic E-state index is 8.37. The van der Waals surface area contributed by atoms with Crippen LogP contribution in [0.5, 0.6) is 0 Å². The van der Waals surface area contributed by atoms with Crippen molar-refractivity contribution in [2.45, 2.75) is 26.7 Å². The maximum Gasteiger partial charge on any atom is 0.139 e. The summed E-state index contributed by atoms with van der Waals surface area (Å²) in [4.78, 5) is 0. The molecule has 0 saturated carbocycles. The fraction of sp³-hybridized carbons (Fsp3) is 0.417. The second-order valence-electron chi connectivity index (χ2n) is 4.00. The number of nitrogens with zero attached hydrogens (tertiary/aromatic N) is 1. The van der Waals surface area contributed by atoms with Gasteiger partial charge in [-0.3, -0.25) is 0 Å². The predicted molar refractivity (Wildman–Crippen MR) is 67.0 cm³/mol. The molecule has 88 valence electrons. The first kappa shape index (κ1) is 12.4.